The number of allylic oxidation sites excluding steroid dienone is 7. The zero-order valence-corrected chi connectivity index (χ0v) is 16.9. The Morgan fingerprint density at radius 3 is 2.72 bits per heavy atom. The normalized spacial score (nSPS) is 33.6. The predicted octanol–water partition coefficient (Wildman–Crippen LogP) is 7.50. The van der Waals surface area contributed by atoms with E-state index in [0.717, 1.165) is 23.7 Å². The van der Waals surface area contributed by atoms with Gasteiger partial charge < -0.3 is 0 Å². The van der Waals surface area contributed by atoms with Gasteiger partial charge in [-0.1, -0.05) is 74.8 Å². The second kappa shape index (κ2) is 8.11. The summed E-state index contributed by atoms with van der Waals surface area (Å²) in [5, 5.41) is 0. The summed E-state index contributed by atoms with van der Waals surface area (Å²) in [7, 11) is 0. The molecule has 0 amide bonds. The van der Waals surface area contributed by atoms with Gasteiger partial charge in [0.05, 0.1) is 0 Å². The zero-order chi connectivity index (χ0) is 18.0. The molecule has 0 heterocycles. The number of rotatable bonds is 8. The van der Waals surface area contributed by atoms with Crippen LogP contribution < -0.4 is 0 Å². The molecule has 0 radical (unpaired) electrons. The van der Waals surface area contributed by atoms with Gasteiger partial charge >= 0.3 is 0 Å². The van der Waals surface area contributed by atoms with Crippen LogP contribution >= 0.6 is 0 Å². The maximum Gasteiger partial charge on any atom is -0.0131 e. The van der Waals surface area contributed by atoms with Crippen LogP contribution in [0, 0.1) is 35.5 Å². The molecule has 1 saturated carbocycles. The van der Waals surface area contributed by atoms with Gasteiger partial charge in [-0.3, -0.25) is 0 Å². The summed E-state index contributed by atoms with van der Waals surface area (Å²) in [5.41, 5.74) is 4.87. The van der Waals surface area contributed by atoms with E-state index >= 15 is 0 Å². The maximum absolute atomic E-state index is 4.60. The molecule has 3 aliphatic rings. The first kappa shape index (κ1) is 18.7. The van der Waals surface area contributed by atoms with Gasteiger partial charge in [-0.2, -0.15) is 0 Å². The van der Waals surface area contributed by atoms with Crippen molar-refractivity contribution in [2.45, 2.75) is 72.6 Å². The molecule has 1 fully saturated rings. The Bertz CT molecular complexity index is 573. The summed E-state index contributed by atoms with van der Waals surface area (Å²) >= 11 is 0. The number of hydrogen-bond acceptors (Lipinski definition) is 0. The molecule has 0 saturated heterocycles. The van der Waals surface area contributed by atoms with Gasteiger partial charge in [0.25, 0.3) is 0 Å². The lowest BCUT2D eigenvalue weighted by atomic mass is 9.72. The van der Waals surface area contributed by atoms with E-state index in [2.05, 4.69) is 58.6 Å². The SMILES string of the molecule is C=C(CC(C/C=C\C(C)CC)C1CC=C2CC21)C1CC(C)=CCC1C. The lowest BCUT2D eigenvalue weighted by Crippen LogP contribution is -2.22. The van der Waals surface area contributed by atoms with Crippen LogP contribution in [0.25, 0.3) is 0 Å². The van der Waals surface area contributed by atoms with Gasteiger partial charge in [0.1, 0.15) is 0 Å². The molecule has 0 N–H and O–H groups in total. The molecule has 0 aromatic heterocycles. The minimum Gasteiger partial charge on any atom is -0.0995 e. The van der Waals surface area contributed by atoms with Gasteiger partial charge in [-0.15, -0.1) is 0 Å². The smallest absolute Gasteiger partial charge is 0.0131 e. The van der Waals surface area contributed by atoms with Crippen molar-refractivity contribution in [2.75, 3.05) is 0 Å². The van der Waals surface area contributed by atoms with E-state index in [-0.39, 0.29) is 0 Å². The fourth-order valence-corrected chi connectivity index (χ4v) is 5.08. The third-order valence-electron chi connectivity index (χ3n) is 7.21. The van der Waals surface area contributed by atoms with Crippen molar-refractivity contribution in [3.8, 4) is 0 Å². The number of fused-ring (bicyclic) bond motifs is 1. The zero-order valence-electron chi connectivity index (χ0n) is 16.9. The van der Waals surface area contributed by atoms with Crippen molar-refractivity contribution in [3.63, 3.8) is 0 Å². The van der Waals surface area contributed by atoms with E-state index in [0.29, 0.717) is 11.8 Å². The van der Waals surface area contributed by atoms with Gasteiger partial charge in [-0.25, -0.2) is 0 Å². The molecule has 0 aromatic rings. The van der Waals surface area contributed by atoms with E-state index in [1.165, 1.54) is 50.5 Å². The van der Waals surface area contributed by atoms with E-state index in [1.54, 1.807) is 11.1 Å². The highest BCUT2D eigenvalue weighted by Crippen LogP contribution is 2.55. The molecule has 0 bridgehead atoms. The Morgan fingerprint density at radius 2 is 2.08 bits per heavy atom. The summed E-state index contributed by atoms with van der Waals surface area (Å²) in [6.45, 7) is 13.9. The first-order valence-corrected chi connectivity index (χ1v) is 10.7. The van der Waals surface area contributed by atoms with Crippen LogP contribution in [0.4, 0.5) is 0 Å². The molecule has 0 aromatic carbocycles. The minimum absolute atomic E-state index is 0.707. The van der Waals surface area contributed by atoms with Crippen molar-refractivity contribution in [1.82, 2.24) is 0 Å². The molecule has 138 valence electrons. The van der Waals surface area contributed by atoms with Gasteiger partial charge in [0, 0.05) is 0 Å². The largest absolute Gasteiger partial charge is 0.0995 e. The highest BCUT2D eigenvalue weighted by Gasteiger charge is 2.44. The Hall–Kier alpha value is -1.04. The molecular formula is C25H38. The Morgan fingerprint density at radius 1 is 1.28 bits per heavy atom. The van der Waals surface area contributed by atoms with Crippen LogP contribution in [-0.4, -0.2) is 0 Å². The van der Waals surface area contributed by atoms with Crippen molar-refractivity contribution < 1.29 is 0 Å². The van der Waals surface area contributed by atoms with E-state index < -0.39 is 0 Å². The quantitative estimate of drug-likeness (QED) is 0.402. The van der Waals surface area contributed by atoms with Gasteiger partial charge in [-0.05, 0) is 81.0 Å². The molecule has 6 atom stereocenters. The molecule has 3 aliphatic carbocycles. The van der Waals surface area contributed by atoms with Crippen LogP contribution in [-0.2, 0) is 0 Å². The third kappa shape index (κ3) is 4.57. The summed E-state index contributed by atoms with van der Waals surface area (Å²) in [6.07, 6.45) is 18.9. The molecule has 25 heavy (non-hydrogen) atoms. The molecule has 0 nitrogen and oxygen atoms in total. The average Bonchev–Trinajstić information content (AvgIpc) is 3.26. The standard InChI is InChI=1S/C25H38/c1-6-17(2)8-7-9-21(23-13-12-22-16-25(22)23)15-20(5)24-14-18(3)10-11-19(24)4/h7-8,10,12,17,19,21,23-25H,5-6,9,11,13-16H2,1-4H3/b8-7-. The van der Waals surface area contributed by atoms with E-state index in [4.69, 9.17) is 0 Å². The van der Waals surface area contributed by atoms with Crippen LogP contribution in [0.5, 0.6) is 0 Å². The highest BCUT2D eigenvalue weighted by molar-refractivity contribution is 5.31. The lowest BCUT2D eigenvalue weighted by Gasteiger charge is -2.33. The second-order valence-corrected chi connectivity index (χ2v) is 9.24. The summed E-state index contributed by atoms with van der Waals surface area (Å²) in [6, 6.07) is 0. The topological polar surface area (TPSA) is 0 Å². The summed E-state index contributed by atoms with van der Waals surface area (Å²) in [4.78, 5) is 0. The lowest BCUT2D eigenvalue weighted by molar-refractivity contribution is 0.290. The molecule has 0 heteroatoms. The molecule has 0 spiro atoms. The monoisotopic (exact) mass is 338 g/mol. The Balaban J connectivity index is 1.63. The molecular weight excluding hydrogens is 300 g/mol. The van der Waals surface area contributed by atoms with E-state index in [1.807, 2.05) is 0 Å². The highest BCUT2D eigenvalue weighted by atomic mass is 14.5. The van der Waals surface area contributed by atoms with E-state index in [9.17, 15) is 0 Å². The summed E-state index contributed by atoms with van der Waals surface area (Å²) < 4.78 is 0. The molecule has 3 rings (SSSR count). The minimum atomic E-state index is 0.707. The maximum atomic E-state index is 4.60. The number of hydrogen-bond donors (Lipinski definition) is 0. The van der Waals surface area contributed by atoms with Gasteiger partial charge in [0.15, 0.2) is 0 Å². The van der Waals surface area contributed by atoms with Crippen molar-refractivity contribution in [1.29, 1.82) is 0 Å². The summed E-state index contributed by atoms with van der Waals surface area (Å²) in [5.74, 6) is 4.81. The van der Waals surface area contributed by atoms with Gasteiger partial charge in [0.2, 0.25) is 0 Å². The van der Waals surface area contributed by atoms with Crippen LogP contribution in [0.1, 0.15) is 72.6 Å². The van der Waals surface area contributed by atoms with Crippen LogP contribution in [0.3, 0.4) is 0 Å². The average molecular weight is 339 g/mol. The predicted molar refractivity (Wildman–Crippen MR) is 110 cm³/mol. The fraction of sp³-hybridized carbons (Fsp3) is 0.680. The van der Waals surface area contributed by atoms with Crippen LogP contribution in [0.15, 0.2) is 47.6 Å². The molecule has 6 unspecified atom stereocenters. The van der Waals surface area contributed by atoms with Crippen LogP contribution in [0.2, 0.25) is 0 Å². The fourth-order valence-electron chi connectivity index (χ4n) is 5.08. The Labute approximate surface area is 156 Å². The third-order valence-corrected chi connectivity index (χ3v) is 7.21. The second-order valence-electron chi connectivity index (χ2n) is 9.24. The van der Waals surface area contributed by atoms with Crippen molar-refractivity contribution in [2.24, 2.45) is 35.5 Å². The van der Waals surface area contributed by atoms with Crippen molar-refractivity contribution in [3.05, 3.63) is 47.6 Å². The first-order valence-electron chi connectivity index (χ1n) is 10.7. The first-order chi connectivity index (χ1) is 12.0. The van der Waals surface area contributed by atoms with Crippen molar-refractivity contribution >= 4 is 0 Å². The molecule has 0 aliphatic heterocycles. The Kier molecular flexibility index (Phi) is 6.08.